The average Bonchev–Trinajstić information content (AvgIpc) is 2.38. The van der Waals surface area contributed by atoms with Gasteiger partial charge in [0.2, 0.25) is 10.0 Å². The van der Waals surface area contributed by atoms with Gasteiger partial charge in [0.25, 0.3) is 0 Å². The number of nitrogens with one attached hydrogen (secondary N) is 1. The highest BCUT2D eigenvalue weighted by atomic mass is 32.2. The molecule has 1 atom stereocenters. The van der Waals surface area contributed by atoms with Crippen LogP contribution < -0.4 is 4.72 Å². The van der Waals surface area contributed by atoms with Crippen LogP contribution in [0.2, 0.25) is 0 Å². The zero-order valence-corrected chi connectivity index (χ0v) is 12.1. The molecule has 0 radical (unpaired) electrons. The van der Waals surface area contributed by atoms with E-state index in [4.69, 9.17) is 10.4 Å². The summed E-state index contributed by atoms with van der Waals surface area (Å²) in [4.78, 5) is -0.168. The monoisotopic (exact) mass is 300 g/mol. The summed E-state index contributed by atoms with van der Waals surface area (Å²) in [7, 11) is -3.85. The van der Waals surface area contributed by atoms with Gasteiger partial charge in [-0.25, -0.2) is 17.5 Å². The molecule has 110 valence electrons. The fourth-order valence-electron chi connectivity index (χ4n) is 1.69. The fraction of sp³-hybridized carbons (Fsp3) is 0.462. The van der Waals surface area contributed by atoms with E-state index < -0.39 is 21.9 Å². The van der Waals surface area contributed by atoms with E-state index in [0.29, 0.717) is 0 Å². The molecule has 0 fully saturated rings. The summed E-state index contributed by atoms with van der Waals surface area (Å²) in [5.74, 6) is -0.768. The Morgan fingerprint density at radius 1 is 1.45 bits per heavy atom. The molecule has 0 bridgehead atoms. The normalized spacial score (nSPS) is 13.2. The van der Waals surface area contributed by atoms with Crippen molar-refractivity contribution in [1.82, 2.24) is 4.72 Å². The number of nitriles is 1. The molecule has 2 N–H and O–H groups in total. The van der Waals surface area contributed by atoms with Crippen LogP contribution in [-0.4, -0.2) is 26.2 Å². The summed E-state index contributed by atoms with van der Waals surface area (Å²) in [5.41, 5.74) is -0.323. The molecule has 0 aliphatic heterocycles. The van der Waals surface area contributed by atoms with Crippen LogP contribution in [0.25, 0.3) is 0 Å². The lowest BCUT2D eigenvalue weighted by Gasteiger charge is -2.21. The van der Waals surface area contributed by atoms with Crippen LogP contribution in [0.3, 0.4) is 0 Å². The number of nitrogens with zero attached hydrogens (tertiary/aromatic N) is 1. The Kier molecular flexibility index (Phi) is 5.62. The summed E-state index contributed by atoms with van der Waals surface area (Å²) >= 11 is 0. The van der Waals surface area contributed by atoms with Gasteiger partial charge in [0, 0.05) is 12.6 Å². The van der Waals surface area contributed by atoms with Crippen LogP contribution in [-0.2, 0) is 10.0 Å². The molecular formula is C13H17FN2O3S. The van der Waals surface area contributed by atoms with E-state index >= 15 is 0 Å². The van der Waals surface area contributed by atoms with E-state index in [-0.39, 0.29) is 29.4 Å². The SMILES string of the molecule is CC(C)[C@@H](CCO)NS(=O)(=O)c1ccc(F)c(C#N)c1. The highest BCUT2D eigenvalue weighted by molar-refractivity contribution is 7.89. The van der Waals surface area contributed by atoms with Gasteiger partial charge >= 0.3 is 0 Å². The maximum atomic E-state index is 13.2. The van der Waals surface area contributed by atoms with E-state index in [0.717, 1.165) is 18.2 Å². The topological polar surface area (TPSA) is 90.2 Å². The highest BCUT2D eigenvalue weighted by Crippen LogP contribution is 2.16. The molecule has 0 aliphatic carbocycles. The smallest absolute Gasteiger partial charge is 0.240 e. The Bertz CT molecular complexity index is 609. The summed E-state index contributed by atoms with van der Waals surface area (Å²) in [5, 5.41) is 17.7. The number of sulfonamides is 1. The minimum Gasteiger partial charge on any atom is -0.396 e. The van der Waals surface area contributed by atoms with E-state index in [1.54, 1.807) is 6.07 Å². The Balaban J connectivity index is 3.08. The van der Waals surface area contributed by atoms with Crippen molar-refractivity contribution >= 4 is 10.0 Å². The molecule has 1 aromatic rings. The van der Waals surface area contributed by atoms with Crippen LogP contribution in [0.4, 0.5) is 4.39 Å². The number of halogens is 1. The zero-order chi connectivity index (χ0) is 15.3. The number of aliphatic hydroxyl groups is 1. The van der Waals surface area contributed by atoms with Gasteiger partial charge < -0.3 is 5.11 Å². The standard InChI is InChI=1S/C13H17FN2O3S/c1-9(2)13(5-6-17)16-20(18,19)11-3-4-12(14)10(7-11)8-15/h3-4,7,9,13,16-17H,5-6H2,1-2H3/t13-/m1/s1. The molecule has 7 heteroatoms. The van der Waals surface area contributed by atoms with Gasteiger partial charge in [-0.1, -0.05) is 13.8 Å². The predicted octanol–water partition coefficient (Wildman–Crippen LogP) is 1.38. The van der Waals surface area contributed by atoms with Crippen molar-refractivity contribution < 1.29 is 17.9 Å². The van der Waals surface area contributed by atoms with Crippen molar-refractivity contribution in [3.63, 3.8) is 0 Å². The molecule has 5 nitrogen and oxygen atoms in total. The molecule has 0 heterocycles. The third-order valence-corrected chi connectivity index (χ3v) is 4.41. The predicted molar refractivity (Wildman–Crippen MR) is 71.8 cm³/mol. The minimum absolute atomic E-state index is 0.00666. The van der Waals surface area contributed by atoms with E-state index in [2.05, 4.69) is 4.72 Å². The largest absolute Gasteiger partial charge is 0.396 e. The van der Waals surface area contributed by atoms with Gasteiger partial charge in [0.05, 0.1) is 10.5 Å². The van der Waals surface area contributed by atoms with Gasteiger partial charge in [-0.15, -0.1) is 0 Å². The molecule has 20 heavy (non-hydrogen) atoms. The Morgan fingerprint density at radius 2 is 2.10 bits per heavy atom. The summed E-state index contributed by atoms with van der Waals surface area (Å²) in [6, 6.07) is 4.22. The second-order valence-electron chi connectivity index (χ2n) is 4.74. The van der Waals surface area contributed by atoms with Crippen LogP contribution in [0, 0.1) is 23.1 Å². The molecule has 0 saturated heterocycles. The molecule has 0 saturated carbocycles. The quantitative estimate of drug-likeness (QED) is 0.830. The third kappa shape index (κ3) is 4.00. The van der Waals surface area contributed by atoms with Gasteiger partial charge in [-0.2, -0.15) is 5.26 Å². The second kappa shape index (κ2) is 6.79. The van der Waals surface area contributed by atoms with Crippen molar-refractivity contribution in [3.8, 4) is 6.07 Å². The van der Waals surface area contributed by atoms with Gasteiger partial charge in [-0.05, 0) is 30.5 Å². The van der Waals surface area contributed by atoms with Crippen molar-refractivity contribution in [2.75, 3.05) is 6.61 Å². The van der Waals surface area contributed by atoms with Crippen molar-refractivity contribution in [3.05, 3.63) is 29.6 Å². The maximum Gasteiger partial charge on any atom is 0.240 e. The van der Waals surface area contributed by atoms with E-state index in [1.807, 2.05) is 13.8 Å². The average molecular weight is 300 g/mol. The third-order valence-electron chi connectivity index (χ3n) is 2.92. The number of hydrogen-bond donors (Lipinski definition) is 2. The molecule has 1 aromatic carbocycles. The van der Waals surface area contributed by atoms with Crippen LogP contribution in [0.15, 0.2) is 23.1 Å². The molecular weight excluding hydrogens is 283 g/mol. The summed E-state index contributed by atoms with van der Waals surface area (Å²) < 4.78 is 40.0. The van der Waals surface area contributed by atoms with E-state index in [1.165, 1.54) is 0 Å². The van der Waals surface area contributed by atoms with Gasteiger partial charge in [0.15, 0.2) is 0 Å². The maximum absolute atomic E-state index is 13.2. The first-order valence-electron chi connectivity index (χ1n) is 6.14. The number of hydrogen-bond acceptors (Lipinski definition) is 4. The number of rotatable bonds is 6. The Morgan fingerprint density at radius 3 is 2.60 bits per heavy atom. The van der Waals surface area contributed by atoms with Gasteiger partial charge in [0.1, 0.15) is 11.9 Å². The Hall–Kier alpha value is -1.49. The number of benzene rings is 1. The first-order valence-corrected chi connectivity index (χ1v) is 7.63. The second-order valence-corrected chi connectivity index (χ2v) is 6.45. The lowest BCUT2D eigenvalue weighted by Crippen LogP contribution is -2.39. The van der Waals surface area contributed by atoms with Crippen LogP contribution >= 0.6 is 0 Å². The summed E-state index contributed by atoms with van der Waals surface area (Å²) in [6.45, 7) is 3.51. The molecule has 0 unspecified atom stereocenters. The zero-order valence-electron chi connectivity index (χ0n) is 11.3. The molecule has 0 amide bonds. The lowest BCUT2D eigenvalue weighted by molar-refractivity contribution is 0.256. The van der Waals surface area contributed by atoms with Gasteiger partial charge in [-0.3, -0.25) is 0 Å². The minimum atomic E-state index is -3.85. The molecule has 0 aromatic heterocycles. The first-order chi connectivity index (χ1) is 9.31. The van der Waals surface area contributed by atoms with E-state index in [9.17, 15) is 12.8 Å². The van der Waals surface area contributed by atoms with Crippen molar-refractivity contribution in [1.29, 1.82) is 5.26 Å². The summed E-state index contributed by atoms with van der Waals surface area (Å²) in [6.07, 6.45) is 0.281. The highest BCUT2D eigenvalue weighted by Gasteiger charge is 2.23. The molecule has 1 rings (SSSR count). The molecule has 0 spiro atoms. The first kappa shape index (κ1) is 16.6. The van der Waals surface area contributed by atoms with Crippen LogP contribution in [0.5, 0.6) is 0 Å². The van der Waals surface area contributed by atoms with Crippen molar-refractivity contribution in [2.45, 2.75) is 31.2 Å². The van der Waals surface area contributed by atoms with Crippen LogP contribution in [0.1, 0.15) is 25.8 Å². The molecule has 0 aliphatic rings. The van der Waals surface area contributed by atoms with Crippen molar-refractivity contribution in [2.24, 2.45) is 5.92 Å². The Labute approximate surface area is 118 Å². The number of aliphatic hydroxyl groups excluding tert-OH is 1. The fourth-order valence-corrected chi connectivity index (χ4v) is 3.14. The lowest BCUT2D eigenvalue weighted by atomic mass is 10.0.